The molecular formula is C29H30N10O. The number of fused-ring (bicyclic) bond motifs is 1. The molecule has 0 unspecified atom stereocenters. The first-order chi connectivity index (χ1) is 19.6. The molecule has 0 radical (unpaired) electrons. The molecule has 0 aromatic carbocycles. The standard InChI is InChI=1S/C29H30N10O/c1-31-29-25(13-30)28-24(12-22(19-39(28)35-29)23-16-34-36(2)18-23)21-5-6-26(32-15-21)38-10-8-37(9-11-38)17-20-4-7-27(40-3)33-14-20/h4-7,12,14-16,18-19H,8-11,17H2,1-3H3,(H,31,35). The number of nitrogens with one attached hydrogen (secondary N) is 1. The SMILES string of the molecule is CNc1nn2cc(-c3cnn(C)c3)cc(-c3ccc(N4CCN(Cc5ccc(OC)nc5)CC4)nc3)c2c1C#N. The third kappa shape index (κ3) is 4.81. The molecule has 0 aliphatic carbocycles. The summed E-state index contributed by atoms with van der Waals surface area (Å²) in [6.45, 7) is 4.53. The third-order valence-corrected chi connectivity index (χ3v) is 7.28. The van der Waals surface area contributed by atoms with Crippen LogP contribution in [0.25, 0.3) is 27.8 Å². The molecule has 0 atom stereocenters. The van der Waals surface area contributed by atoms with Gasteiger partial charge in [-0.1, -0.05) is 6.07 Å². The number of nitrogens with zero attached hydrogens (tertiary/aromatic N) is 9. The summed E-state index contributed by atoms with van der Waals surface area (Å²) in [5.74, 6) is 2.12. The molecule has 40 heavy (non-hydrogen) atoms. The maximum atomic E-state index is 9.96. The molecule has 1 N–H and O–H groups in total. The van der Waals surface area contributed by atoms with E-state index in [1.807, 2.05) is 44.1 Å². The topological polar surface area (TPSA) is 112 Å². The summed E-state index contributed by atoms with van der Waals surface area (Å²) in [5.41, 5.74) is 6.16. The van der Waals surface area contributed by atoms with Gasteiger partial charge in [0.2, 0.25) is 5.88 Å². The minimum Gasteiger partial charge on any atom is -0.481 e. The van der Waals surface area contributed by atoms with Crippen LogP contribution in [0, 0.1) is 11.3 Å². The van der Waals surface area contributed by atoms with Crippen molar-refractivity contribution in [1.29, 1.82) is 5.26 Å². The highest BCUT2D eigenvalue weighted by molar-refractivity contribution is 5.90. The number of anilines is 2. The molecular weight excluding hydrogens is 504 g/mol. The van der Waals surface area contributed by atoms with Gasteiger partial charge in [-0.05, 0) is 23.8 Å². The Morgan fingerprint density at radius 3 is 2.45 bits per heavy atom. The molecule has 5 aromatic rings. The van der Waals surface area contributed by atoms with Crippen LogP contribution in [0.4, 0.5) is 11.6 Å². The van der Waals surface area contributed by atoms with Gasteiger partial charge in [-0.15, -0.1) is 5.10 Å². The fourth-order valence-electron chi connectivity index (χ4n) is 5.16. The van der Waals surface area contributed by atoms with Gasteiger partial charge < -0.3 is 15.0 Å². The Morgan fingerprint density at radius 2 is 1.82 bits per heavy atom. The largest absolute Gasteiger partial charge is 0.481 e. The van der Waals surface area contributed by atoms with Crippen molar-refractivity contribution >= 4 is 17.2 Å². The van der Waals surface area contributed by atoms with E-state index in [2.05, 4.69) is 60.6 Å². The van der Waals surface area contributed by atoms with Crippen LogP contribution >= 0.6 is 0 Å². The molecule has 0 bridgehead atoms. The summed E-state index contributed by atoms with van der Waals surface area (Å²) in [4.78, 5) is 13.9. The highest BCUT2D eigenvalue weighted by Gasteiger charge is 2.21. The second-order valence-corrected chi connectivity index (χ2v) is 9.80. The lowest BCUT2D eigenvalue weighted by Crippen LogP contribution is -2.46. The Labute approximate surface area is 232 Å². The van der Waals surface area contributed by atoms with Gasteiger partial charge in [-0.3, -0.25) is 9.58 Å². The molecule has 1 saturated heterocycles. The summed E-state index contributed by atoms with van der Waals surface area (Å²) >= 11 is 0. The summed E-state index contributed by atoms with van der Waals surface area (Å²) < 4.78 is 8.70. The van der Waals surface area contributed by atoms with Crippen molar-refractivity contribution in [2.24, 2.45) is 7.05 Å². The molecule has 202 valence electrons. The van der Waals surface area contributed by atoms with Crippen LogP contribution in [0.15, 0.2) is 61.3 Å². The zero-order valence-corrected chi connectivity index (χ0v) is 22.7. The van der Waals surface area contributed by atoms with E-state index in [-0.39, 0.29) is 0 Å². The van der Waals surface area contributed by atoms with Crippen LogP contribution in [0.3, 0.4) is 0 Å². The molecule has 0 amide bonds. The van der Waals surface area contributed by atoms with Gasteiger partial charge in [0.25, 0.3) is 0 Å². The molecule has 1 aliphatic heterocycles. The number of methoxy groups -OCH3 is 1. The van der Waals surface area contributed by atoms with Crippen LogP contribution < -0.4 is 15.0 Å². The molecule has 1 aliphatic rings. The number of piperazine rings is 1. The van der Waals surface area contributed by atoms with Crippen LogP contribution in [0.1, 0.15) is 11.1 Å². The number of rotatable bonds is 7. The van der Waals surface area contributed by atoms with Crippen LogP contribution in [0.5, 0.6) is 5.88 Å². The highest BCUT2D eigenvalue weighted by Crippen LogP contribution is 2.34. The van der Waals surface area contributed by atoms with Crippen molar-refractivity contribution in [2.75, 3.05) is 50.6 Å². The average molecular weight is 535 g/mol. The number of aromatic nitrogens is 6. The fraction of sp³-hybridized carbons (Fsp3) is 0.276. The van der Waals surface area contributed by atoms with Crippen LogP contribution in [0.2, 0.25) is 0 Å². The molecule has 0 spiro atoms. The van der Waals surface area contributed by atoms with Crippen molar-refractivity contribution in [2.45, 2.75) is 6.54 Å². The fourth-order valence-corrected chi connectivity index (χ4v) is 5.16. The molecule has 11 nitrogen and oxygen atoms in total. The van der Waals surface area contributed by atoms with Gasteiger partial charge in [0.15, 0.2) is 5.82 Å². The van der Waals surface area contributed by atoms with E-state index in [4.69, 9.17) is 9.72 Å². The van der Waals surface area contributed by atoms with Gasteiger partial charge >= 0.3 is 0 Å². The number of hydrogen-bond acceptors (Lipinski definition) is 9. The van der Waals surface area contributed by atoms with Gasteiger partial charge in [-0.25, -0.2) is 14.5 Å². The van der Waals surface area contributed by atoms with E-state index in [1.54, 1.807) is 23.4 Å². The Balaban J connectivity index is 1.24. The van der Waals surface area contributed by atoms with Crippen LogP contribution in [-0.2, 0) is 13.6 Å². The maximum Gasteiger partial charge on any atom is 0.212 e. The number of aryl methyl sites for hydroxylation is 1. The lowest BCUT2D eigenvalue weighted by atomic mass is 10.0. The quantitative estimate of drug-likeness (QED) is 0.336. The minimum atomic E-state index is 0.502. The van der Waals surface area contributed by atoms with E-state index in [1.165, 1.54) is 5.56 Å². The first-order valence-electron chi connectivity index (χ1n) is 13.1. The summed E-state index contributed by atoms with van der Waals surface area (Å²) in [6.07, 6.45) is 9.49. The van der Waals surface area contributed by atoms with E-state index < -0.39 is 0 Å². The van der Waals surface area contributed by atoms with E-state index in [9.17, 15) is 5.26 Å². The number of nitriles is 1. The second-order valence-electron chi connectivity index (χ2n) is 9.80. The molecule has 0 saturated carbocycles. The van der Waals surface area contributed by atoms with Crippen molar-refractivity contribution in [1.82, 2.24) is 34.3 Å². The van der Waals surface area contributed by atoms with E-state index in [0.717, 1.165) is 66.3 Å². The smallest absolute Gasteiger partial charge is 0.212 e. The van der Waals surface area contributed by atoms with Gasteiger partial charge in [0, 0.05) is 99.9 Å². The first kappa shape index (κ1) is 25.3. The predicted octanol–water partition coefficient (Wildman–Crippen LogP) is 3.44. The Kier molecular flexibility index (Phi) is 6.76. The van der Waals surface area contributed by atoms with Gasteiger partial charge in [0.1, 0.15) is 17.5 Å². The lowest BCUT2D eigenvalue weighted by molar-refractivity contribution is 0.249. The monoisotopic (exact) mass is 534 g/mol. The predicted molar refractivity (Wildman–Crippen MR) is 153 cm³/mol. The Morgan fingerprint density at radius 1 is 0.975 bits per heavy atom. The minimum absolute atomic E-state index is 0.502. The Hall–Kier alpha value is -4.95. The first-order valence-corrected chi connectivity index (χ1v) is 13.1. The van der Waals surface area contributed by atoms with Crippen molar-refractivity contribution < 1.29 is 4.74 Å². The number of ether oxygens (including phenoxy) is 1. The zero-order chi connectivity index (χ0) is 27.6. The van der Waals surface area contributed by atoms with Crippen molar-refractivity contribution in [3.8, 4) is 34.2 Å². The van der Waals surface area contributed by atoms with E-state index in [0.29, 0.717) is 17.3 Å². The molecule has 5 aromatic heterocycles. The zero-order valence-electron chi connectivity index (χ0n) is 22.7. The van der Waals surface area contributed by atoms with Crippen molar-refractivity contribution in [3.63, 3.8) is 0 Å². The summed E-state index contributed by atoms with van der Waals surface area (Å²) in [5, 5.41) is 22.0. The molecule has 6 heterocycles. The Bertz CT molecular complexity index is 1670. The van der Waals surface area contributed by atoms with Gasteiger partial charge in [-0.2, -0.15) is 10.4 Å². The average Bonchev–Trinajstić information content (AvgIpc) is 3.60. The lowest BCUT2D eigenvalue weighted by Gasteiger charge is -2.35. The second kappa shape index (κ2) is 10.7. The molecule has 6 rings (SSSR count). The maximum absolute atomic E-state index is 9.96. The molecule has 11 heteroatoms. The van der Waals surface area contributed by atoms with Crippen LogP contribution in [-0.4, -0.2) is 74.6 Å². The normalized spacial score (nSPS) is 13.9. The van der Waals surface area contributed by atoms with E-state index >= 15 is 0 Å². The number of pyridine rings is 3. The molecule has 1 fully saturated rings. The van der Waals surface area contributed by atoms with Gasteiger partial charge in [0.05, 0.1) is 18.8 Å². The third-order valence-electron chi connectivity index (χ3n) is 7.28. The highest BCUT2D eigenvalue weighted by atomic mass is 16.5. The number of hydrogen-bond donors (Lipinski definition) is 1. The van der Waals surface area contributed by atoms with Crippen molar-refractivity contribution in [3.05, 3.63) is 72.4 Å². The summed E-state index contributed by atoms with van der Waals surface area (Å²) in [7, 11) is 5.29. The summed E-state index contributed by atoms with van der Waals surface area (Å²) in [6, 6.07) is 12.5.